The van der Waals surface area contributed by atoms with E-state index >= 15 is 0 Å². The van der Waals surface area contributed by atoms with Crippen LogP contribution in [0.5, 0.6) is 0 Å². The number of fused-ring (bicyclic) bond motifs is 12. The van der Waals surface area contributed by atoms with Crippen LogP contribution >= 0.6 is 0 Å². The van der Waals surface area contributed by atoms with E-state index in [1.54, 1.807) is 143 Å². The van der Waals surface area contributed by atoms with Gasteiger partial charge in [-0.15, -0.1) is 0 Å². The van der Waals surface area contributed by atoms with Gasteiger partial charge >= 0.3 is 0 Å². The normalized spacial score (nSPS) is 16.8. The molecule has 2 fully saturated rings. The van der Waals surface area contributed by atoms with E-state index in [0.717, 1.165) is 87.6 Å². The SMILES string of the molecule is [2H]c1c[n+](C)c(-c2c(C)ccc3c2oc2c(-c4c([2H])c([2H])c([2H])c([2H])c4[2H])c([N+]#[C-])ccc23)cc1C([2H])([2H])C(C)(C)C.[2H]c1c[n+](C)c(-c2c(C)ccc3c2oc2c(-c4c([2H])c([2H])c([2H])c([2H])c4[2H])c([N+]#[C-])ccc23)cc1C([2H])([2H])C(C)C.[2H]c1c[n+](C)c(-c2c(C)ccc3c2oc2c(-c4c([2H])c([2H])c([2H])c([2H])c4[2H])c([N+]#[C-])ccc23)cc1C1([2H])CCCC1.[2H]c1c[n+](C)c(-c2c(C)ccc3c2oc2c(-c4c([2H])c([2H])c([2H])c([2H])c4[2H])c([N+]#[C-])ccc23)cc1C1([2H])CCCCC1. The van der Waals surface area contributed by atoms with Crippen LogP contribution < -0.4 is 18.3 Å². The molecule has 2 aliphatic carbocycles. The van der Waals surface area contributed by atoms with Crippen LogP contribution in [0.15, 0.2) is 309 Å². The van der Waals surface area contributed by atoms with Crippen molar-refractivity contribution in [3.63, 3.8) is 0 Å². The van der Waals surface area contributed by atoms with E-state index in [1.807, 2.05) is 112 Å². The lowest BCUT2D eigenvalue weighted by molar-refractivity contribution is -0.660. The van der Waals surface area contributed by atoms with E-state index in [9.17, 15) is 1.37 Å². The number of aryl methyl sites for hydroxylation is 8. The van der Waals surface area contributed by atoms with Crippen LogP contribution in [0.25, 0.3) is 197 Å². The van der Waals surface area contributed by atoms with Crippen molar-refractivity contribution in [2.24, 2.45) is 39.5 Å². The summed E-state index contributed by atoms with van der Waals surface area (Å²) in [4.78, 5) is 14.5. The Balaban J connectivity index is 0.000000136. The Kier molecular flexibility index (Phi) is 16.8. The van der Waals surface area contributed by atoms with Gasteiger partial charge in [0.15, 0.2) is 47.5 Å². The molecule has 20 aromatic rings. The van der Waals surface area contributed by atoms with Gasteiger partial charge in [-0.05, 0) is 156 Å². The predicted octanol–water partition coefficient (Wildman–Crippen LogP) is 32.9. The van der Waals surface area contributed by atoms with Gasteiger partial charge in [-0.2, -0.15) is 0 Å². The minimum Gasteiger partial charge on any atom is -0.456 e. The number of furan rings is 4. The monoisotopic (exact) mass is 1810 g/mol. The minimum absolute atomic E-state index is 0.0702. The first-order valence-corrected chi connectivity index (χ1v) is 45.0. The summed E-state index contributed by atoms with van der Waals surface area (Å²) in [6.07, 6.45) is 10.8. The summed E-state index contributed by atoms with van der Waals surface area (Å²) in [6.45, 7) is 47.9. The fourth-order valence-corrected chi connectivity index (χ4v) is 18.7. The highest BCUT2D eigenvalue weighted by molar-refractivity contribution is 6.19. The number of nitrogens with zero attached hydrogens (tertiary/aromatic N) is 8. The van der Waals surface area contributed by atoms with Gasteiger partial charge in [0.2, 0.25) is 22.8 Å². The topological polar surface area (TPSA) is 85.5 Å². The molecule has 0 spiro atoms. The van der Waals surface area contributed by atoms with Gasteiger partial charge in [0.1, 0.15) is 72.9 Å². The molecule has 136 heavy (non-hydrogen) atoms. The molecule has 0 N–H and O–H groups in total. The Hall–Kier alpha value is -15.6. The van der Waals surface area contributed by atoms with Crippen LogP contribution in [-0.2, 0) is 40.9 Å². The molecule has 668 valence electrons. The first-order valence-electron chi connectivity index (χ1n) is 60.0. The van der Waals surface area contributed by atoms with E-state index in [-0.39, 0.29) is 119 Å². The van der Waals surface area contributed by atoms with Crippen LogP contribution in [0.1, 0.15) is 190 Å². The van der Waals surface area contributed by atoms with Gasteiger partial charge in [0.25, 0.3) is 0 Å². The van der Waals surface area contributed by atoms with Crippen LogP contribution in [0.4, 0.5) is 22.7 Å². The summed E-state index contributed by atoms with van der Waals surface area (Å²) in [5, 5.41) is 5.40. The lowest BCUT2D eigenvalue weighted by atomic mass is 9.84. The molecule has 2 aliphatic rings. The summed E-state index contributed by atoms with van der Waals surface area (Å²) >= 11 is 0. The molecule has 12 heteroatoms. The second kappa shape index (κ2) is 37.8. The van der Waals surface area contributed by atoms with Crippen molar-refractivity contribution < 1.29 is 77.1 Å². The molecule has 8 heterocycles. The average Bonchev–Trinajstić information content (AvgIpc) is 1.59. The van der Waals surface area contributed by atoms with Crippen molar-refractivity contribution in [3.8, 4) is 89.5 Å². The van der Waals surface area contributed by atoms with E-state index in [4.69, 9.17) is 83.7 Å². The Bertz CT molecular complexity index is 9800. The lowest BCUT2D eigenvalue weighted by Gasteiger charge is -2.21. The third kappa shape index (κ3) is 17.2. The highest BCUT2D eigenvalue weighted by Crippen LogP contribution is 2.51. The average molecular weight is 1810 g/mol. The van der Waals surface area contributed by atoms with Gasteiger partial charge in [0, 0.05) is 122 Å². The summed E-state index contributed by atoms with van der Waals surface area (Å²) < 4.78 is 287. The lowest BCUT2D eigenvalue weighted by Crippen LogP contribution is -2.31. The zero-order valence-corrected chi connectivity index (χ0v) is 77.5. The number of hydrogen-bond acceptors (Lipinski definition) is 4. The van der Waals surface area contributed by atoms with Crippen molar-refractivity contribution >= 4 is 111 Å². The molecular weight excluding hydrogens is 1670 g/mol. The van der Waals surface area contributed by atoms with Crippen molar-refractivity contribution in [1.29, 1.82) is 0 Å². The molecule has 12 nitrogen and oxygen atoms in total. The van der Waals surface area contributed by atoms with Crippen LogP contribution in [0, 0.1) is 65.3 Å². The number of rotatable bonds is 13. The standard InChI is InChI=1S/C32H29N2O.C31H27N2O.C31H29N2O.C30H27N2O/c1-21-14-15-25-26-16-17-27(33-2)30(23-12-8-5-9-13-23)32(26)35-31(25)29(21)28-20-24(18-19-34(28)3)22-10-6-4-7-11-22;1-20-13-14-24-25-15-16-26(32-2)29(22-11-5-4-6-12-22)31(25)34-30(24)28(20)27-19-23(17-18-33(27)3)21-9-7-8-10-21;1-20-12-13-23-24-14-15-25(32-5)28(22-10-8-7-9-11-22)30(24)34-29(23)27(20)26-18-21(16-17-33(26)6)19-31(2,3)4;1-19(2)17-21-15-16-32(5)26(18-21)27-20(3)11-12-23-24-13-14-25(31-4)28(30(24)33-29(23)27)22-9-7-6-8-10-22/h5,8-9,12-20,22H,4,6-7,10-11H2,1,3H3;4-6,11-19,21H,7-10H2,1,3H3;7-18H,19H2,1-4,6H3;6-16,18-19H,17H2,1-3,5H3/q4*+1/i5D,8D,9D,12D,13D,18D,22D;4D,5D,6D,11D,12D,17D,21D;7D,8D,9D,10D,11D,16D,19D2;6D,7D,8D,9D,10D,15D,17D2. The largest absolute Gasteiger partial charge is 0.456 e. The third-order valence-corrected chi connectivity index (χ3v) is 25.2. The number of benzene rings is 12. The summed E-state index contributed by atoms with van der Waals surface area (Å²) in [6, 6.07) is 27.4. The first kappa shape index (κ1) is 60.5. The molecule has 0 amide bonds. The third-order valence-electron chi connectivity index (χ3n) is 25.2. The molecule has 22 rings (SSSR count). The number of pyridine rings is 4. The van der Waals surface area contributed by atoms with Crippen molar-refractivity contribution in [3.05, 3.63) is 381 Å². The molecular formula is C124H112N8O4+4. The second-order valence-corrected chi connectivity index (χ2v) is 35.7. The maximum Gasteiger partial charge on any atom is 0.216 e. The molecule has 0 saturated heterocycles. The maximum atomic E-state index is 9.23. The predicted molar refractivity (Wildman–Crippen MR) is 556 cm³/mol. The maximum absolute atomic E-state index is 9.23. The highest BCUT2D eigenvalue weighted by Gasteiger charge is 2.32. The Labute approximate surface area is 839 Å². The summed E-state index contributed by atoms with van der Waals surface area (Å²) in [7, 11) is 7.28. The van der Waals surface area contributed by atoms with Crippen molar-refractivity contribution in [1.82, 2.24) is 0 Å². The quantitative estimate of drug-likeness (QED) is 0.0850. The van der Waals surface area contributed by atoms with Gasteiger partial charge in [0.05, 0.1) is 81.4 Å². The van der Waals surface area contributed by atoms with Crippen LogP contribution in [-0.4, -0.2) is 0 Å². The fraction of sp³-hybridized carbons (Fsp3) is 0.226. The molecule has 0 atom stereocenters. The Morgan fingerprint density at radius 2 is 0.574 bits per heavy atom. The van der Waals surface area contributed by atoms with Crippen molar-refractivity contribution in [2.45, 2.75) is 145 Å². The molecule has 0 radical (unpaired) electrons. The van der Waals surface area contributed by atoms with Crippen LogP contribution in [0.3, 0.4) is 0 Å². The zero-order valence-electron chi connectivity index (χ0n) is 108. The number of aromatic nitrogens is 4. The second-order valence-electron chi connectivity index (χ2n) is 35.7. The van der Waals surface area contributed by atoms with Crippen molar-refractivity contribution in [2.75, 3.05) is 0 Å². The Morgan fingerprint density at radius 1 is 0.331 bits per heavy atom. The molecule has 12 aromatic carbocycles. The molecule has 0 bridgehead atoms. The van der Waals surface area contributed by atoms with Gasteiger partial charge in [-0.3, -0.25) is 0 Å². The van der Waals surface area contributed by atoms with E-state index < -0.39 is 151 Å². The zero-order chi connectivity index (χ0) is 121. The van der Waals surface area contributed by atoms with Gasteiger partial charge < -0.3 is 17.7 Å². The van der Waals surface area contributed by atoms with Gasteiger partial charge in [-0.25, -0.2) is 37.6 Å². The first-order chi connectivity index (χ1) is 78.2. The van der Waals surface area contributed by atoms with Crippen LogP contribution in [0.2, 0.25) is 0 Å². The molecule has 8 aromatic heterocycles. The molecule has 0 unspecified atom stereocenters. The minimum atomic E-state index is -1.82. The summed E-state index contributed by atoms with van der Waals surface area (Å²) in [5.74, 6) is -2.01. The van der Waals surface area contributed by atoms with E-state index in [0.29, 0.717) is 126 Å². The molecule has 0 aliphatic heterocycles. The van der Waals surface area contributed by atoms with E-state index in [2.05, 4.69) is 19.4 Å². The fourth-order valence-electron chi connectivity index (χ4n) is 18.7. The molecule has 2 saturated carbocycles. The smallest absolute Gasteiger partial charge is 0.216 e. The number of hydrogen-bond donors (Lipinski definition) is 0. The van der Waals surface area contributed by atoms with E-state index in [1.165, 1.54) is 0 Å². The summed E-state index contributed by atoms with van der Waals surface area (Å²) in [5.41, 5.74) is 13.8. The highest BCUT2D eigenvalue weighted by atomic mass is 16.3. The Morgan fingerprint density at radius 3 is 0.846 bits per heavy atom. The van der Waals surface area contributed by atoms with Gasteiger partial charge in [-0.1, -0.05) is 285 Å².